The summed E-state index contributed by atoms with van der Waals surface area (Å²) in [5, 5.41) is 4.08. The van der Waals surface area contributed by atoms with E-state index in [0.717, 1.165) is 35.7 Å². The van der Waals surface area contributed by atoms with Gasteiger partial charge in [-0.3, -0.25) is 4.79 Å². The largest absolute Gasteiger partial charge is 0.494 e. The van der Waals surface area contributed by atoms with Crippen LogP contribution in [-0.4, -0.2) is 25.5 Å². The second-order valence-corrected chi connectivity index (χ2v) is 6.46. The molecule has 1 atom stereocenters. The number of rotatable bonds is 8. The van der Waals surface area contributed by atoms with Crippen molar-refractivity contribution in [3.8, 4) is 17.2 Å². The number of carbonyl (C=O) groups is 1. The highest BCUT2D eigenvalue weighted by molar-refractivity contribution is 5.94. The molecule has 2 aromatic rings. The first-order chi connectivity index (χ1) is 13.2. The molecule has 0 saturated carbocycles. The zero-order valence-electron chi connectivity index (χ0n) is 15.6. The standard InChI is InChI=1S/C21H24N2O4/c1-3-10-25-18-7-5-17(6-8-18)21(24)23-22-13-15(2)11-16-4-9-19-20(12-16)27-14-26-19/h4-9,12-13,15H,3,10-11,14H2,1-2H3,(H,23,24)/b22-13-/t15-/m1/s1. The summed E-state index contributed by atoms with van der Waals surface area (Å²) in [6.45, 7) is 5.03. The van der Waals surface area contributed by atoms with E-state index in [9.17, 15) is 4.79 Å². The number of nitrogens with zero attached hydrogens (tertiary/aromatic N) is 1. The van der Waals surface area contributed by atoms with Crippen LogP contribution in [0.25, 0.3) is 0 Å². The molecule has 0 aromatic heterocycles. The quantitative estimate of drug-likeness (QED) is 0.568. The van der Waals surface area contributed by atoms with Crippen molar-refractivity contribution in [2.75, 3.05) is 13.4 Å². The van der Waals surface area contributed by atoms with Crippen molar-refractivity contribution in [1.82, 2.24) is 5.43 Å². The molecule has 1 amide bonds. The van der Waals surface area contributed by atoms with Gasteiger partial charge in [0.2, 0.25) is 6.79 Å². The first-order valence-corrected chi connectivity index (χ1v) is 9.10. The number of hydrazone groups is 1. The lowest BCUT2D eigenvalue weighted by Gasteiger charge is -2.07. The number of nitrogens with one attached hydrogen (secondary N) is 1. The van der Waals surface area contributed by atoms with Crippen LogP contribution in [0.4, 0.5) is 0 Å². The molecule has 0 unspecified atom stereocenters. The van der Waals surface area contributed by atoms with Gasteiger partial charge in [-0.2, -0.15) is 5.10 Å². The fourth-order valence-electron chi connectivity index (χ4n) is 2.70. The number of hydrogen-bond acceptors (Lipinski definition) is 5. The third-order valence-corrected chi connectivity index (χ3v) is 4.08. The smallest absolute Gasteiger partial charge is 0.271 e. The van der Waals surface area contributed by atoms with E-state index in [4.69, 9.17) is 14.2 Å². The Morgan fingerprint density at radius 3 is 2.78 bits per heavy atom. The zero-order valence-corrected chi connectivity index (χ0v) is 15.6. The average Bonchev–Trinajstić information content (AvgIpc) is 3.14. The summed E-state index contributed by atoms with van der Waals surface area (Å²) in [5.41, 5.74) is 4.24. The Labute approximate surface area is 159 Å². The Morgan fingerprint density at radius 2 is 2.00 bits per heavy atom. The van der Waals surface area contributed by atoms with E-state index in [2.05, 4.69) is 10.5 Å². The van der Waals surface area contributed by atoms with Crippen LogP contribution in [0.1, 0.15) is 36.2 Å². The summed E-state index contributed by atoms with van der Waals surface area (Å²) in [4.78, 5) is 12.1. The van der Waals surface area contributed by atoms with E-state index < -0.39 is 0 Å². The Kier molecular flexibility index (Phi) is 6.30. The molecule has 142 valence electrons. The molecular formula is C21H24N2O4. The predicted octanol–water partition coefficient (Wildman–Crippen LogP) is 3.80. The first-order valence-electron chi connectivity index (χ1n) is 9.10. The number of fused-ring (bicyclic) bond motifs is 1. The van der Waals surface area contributed by atoms with Crippen LogP contribution in [0.3, 0.4) is 0 Å². The molecule has 0 spiro atoms. The normalized spacial score (nSPS) is 13.6. The van der Waals surface area contributed by atoms with Crippen molar-refractivity contribution in [3.63, 3.8) is 0 Å². The first kappa shape index (κ1) is 18.8. The van der Waals surface area contributed by atoms with E-state index in [-0.39, 0.29) is 18.6 Å². The molecular weight excluding hydrogens is 344 g/mol. The molecule has 0 bridgehead atoms. The van der Waals surface area contributed by atoms with E-state index in [1.165, 1.54) is 0 Å². The lowest BCUT2D eigenvalue weighted by molar-refractivity contribution is 0.0955. The highest BCUT2D eigenvalue weighted by Gasteiger charge is 2.14. The van der Waals surface area contributed by atoms with E-state index in [0.29, 0.717) is 12.2 Å². The minimum Gasteiger partial charge on any atom is -0.494 e. The minimum absolute atomic E-state index is 0.162. The molecule has 1 aliphatic heterocycles. The van der Waals surface area contributed by atoms with Crippen LogP contribution < -0.4 is 19.6 Å². The van der Waals surface area contributed by atoms with Crippen molar-refractivity contribution >= 4 is 12.1 Å². The zero-order chi connectivity index (χ0) is 19.1. The van der Waals surface area contributed by atoms with Crippen LogP contribution >= 0.6 is 0 Å². The van der Waals surface area contributed by atoms with Crippen LogP contribution in [-0.2, 0) is 6.42 Å². The molecule has 27 heavy (non-hydrogen) atoms. The van der Waals surface area contributed by atoms with Gasteiger partial charge >= 0.3 is 0 Å². The second-order valence-electron chi connectivity index (χ2n) is 6.46. The maximum absolute atomic E-state index is 12.1. The SMILES string of the molecule is CCCOc1ccc(C(=O)N/N=C\[C@H](C)Cc2ccc3c(c2)OCO3)cc1. The lowest BCUT2D eigenvalue weighted by Crippen LogP contribution is -2.18. The highest BCUT2D eigenvalue weighted by Crippen LogP contribution is 2.32. The second kappa shape index (κ2) is 9.07. The Morgan fingerprint density at radius 1 is 1.22 bits per heavy atom. The lowest BCUT2D eigenvalue weighted by atomic mass is 10.0. The number of amides is 1. The number of carbonyl (C=O) groups excluding carboxylic acids is 1. The molecule has 0 aliphatic carbocycles. The Hall–Kier alpha value is -3.02. The van der Waals surface area contributed by atoms with E-state index in [1.807, 2.05) is 32.0 Å². The van der Waals surface area contributed by atoms with Gasteiger partial charge < -0.3 is 14.2 Å². The predicted molar refractivity (Wildman–Crippen MR) is 104 cm³/mol. The molecule has 3 rings (SSSR count). The molecule has 1 N–H and O–H groups in total. The van der Waals surface area contributed by atoms with E-state index in [1.54, 1.807) is 30.5 Å². The summed E-state index contributed by atoms with van der Waals surface area (Å²) in [6, 6.07) is 12.9. The molecule has 2 aromatic carbocycles. The molecule has 1 aliphatic rings. The van der Waals surface area contributed by atoms with Crippen LogP contribution in [0.15, 0.2) is 47.6 Å². The van der Waals surface area contributed by atoms with Gasteiger partial charge in [0.05, 0.1) is 6.61 Å². The number of benzene rings is 2. The summed E-state index contributed by atoms with van der Waals surface area (Å²) < 4.78 is 16.2. The van der Waals surface area contributed by atoms with Gasteiger partial charge in [-0.05, 0) is 60.7 Å². The summed E-state index contributed by atoms with van der Waals surface area (Å²) in [7, 11) is 0. The average molecular weight is 368 g/mol. The van der Waals surface area contributed by atoms with Gasteiger partial charge in [-0.25, -0.2) is 5.43 Å². The van der Waals surface area contributed by atoms with Crippen LogP contribution in [0, 0.1) is 5.92 Å². The van der Waals surface area contributed by atoms with Crippen LogP contribution in [0.2, 0.25) is 0 Å². The van der Waals surface area contributed by atoms with Gasteiger partial charge in [0.15, 0.2) is 11.5 Å². The third kappa shape index (κ3) is 5.23. The van der Waals surface area contributed by atoms with Gasteiger partial charge in [0, 0.05) is 11.8 Å². The topological polar surface area (TPSA) is 69.2 Å². The molecule has 1 heterocycles. The molecule has 0 fully saturated rings. The van der Waals surface area contributed by atoms with Crippen molar-refractivity contribution in [2.24, 2.45) is 11.0 Å². The summed E-state index contributed by atoms with van der Waals surface area (Å²) in [6.07, 6.45) is 3.47. The van der Waals surface area contributed by atoms with Gasteiger partial charge in [-0.1, -0.05) is 19.9 Å². The summed E-state index contributed by atoms with van der Waals surface area (Å²) in [5.74, 6) is 2.23. The molecule has 6 nitrogen and oxygen atoms in total. The highest BCUT2D eigenvalue weighted by atomic mass is 16.7. The van der Waals surface area contributed by atoms with Gasteiger partial charge in [-0.15, -0.1) is 0 Å². The van der Waals surface area contributed by atoms with Gasteiger partial charge in [0.25, 0.3) is 5.91 Å². The fraction of sp³-hybridized carbons (Fsp3) is 0.333. The third-order valence-electron chi connectivity index (χ3n) is 4.08. The maximum atomic E-state index is 12.1. The minimum atomic E-state index is -0.247. The summed E-state index contributed by atoms with van der Waals surface area (Å²) >= 11 is 0. The van der Waals surface area contributed by atoms with Crippen molar-refractivity contribution < 1.29 is 19.0 Å². The fourth-order valence-corrected chi connectivity index (χ4v) is 2.70. The van der Waals surface area contributed by atoms with Crippen molar-refractivity contribution in [1.29, 1.82) is 0 Å². The molecule has 6 heteroatoms. The molecule has 0 saturated heterocycles. The van der Waals surface area contributed by atoms with Crippen LogP contribution in [0.5, 0.6) is 17.2 Å². The monoisotopic (exact) mass is 368 g/mol. The maximum Gasteiger partial charge on any atom is 0.271 e. The Balaban J connectivity index is 1.48. The molecule has 0 radical (unpaired) electrons. The Bertz CT molecular complexity index is 802. The van der Waals surface area contributed by atoms with E-state index >= 15 is 0 Å². The number of hydrogen-bond donors (Lipinski definition) is 1. The van der Waals surface area contributed by atoms with Gasteiger partial charge in [0.1, 0.15) is 5.75 Å². The van der Waals surface area contributed by atoms with Crippen molar-refractivity contribution in [2.45, 2.75) is 26.7 Å². The number of ether oxygens (including phenoxy) is 3. The van der Waals surface area contributed by atoms with Crippen molar-refractivity contribution in [3.05, 3.63) is 53.6 Å².